The number of hydrogen-bond donors (Lipinski definition) is 0. The minimum atomic E-state index is -0.0584. The number of carbonyl (C=O) groups is 1. The minimum absolute atomic E-state index is 0.0584. The third-order valence-electron chi connectivity index (χ3n) is 10.8. The highest BCUT2D eigenvalue weighted by Crippen LogP contribution is 2.19. The van der Waals surface area contributed by atoms with Crippen molar-refractivity contribution in [2.75, 3.05) is 33.7 Å². The van der Waals surface area contributed by atoms with Crippen molar-refractivity contribution in [3.8, 4) is 0 Å². The molecule has 0 fully saturated rings. The molecule has 4 heteroatoms. The topological polar surface area (TPSA) is 32.8 Å². The molecule has 1 atom stereocenters. The Balaban J connectivity index is 4.65. The van der Waals surface area contributed by atoms with Crippen molar-refractivity contribution in [1.29, 1.82) is 0 Å². The highest BCUT2D eigenvalue weighted by atomic mass is 16.6. The zero-order valence-electron chi connectivity index (χ0n) is 37.9. The van der Waals surface area contributed by atoms with Gasteiger partial charge in [-0.2, -0.15) is 0 Å². The number of amides is 1. The lowest BCUT2D eigenvalue weighted by Crippen LogP contribution is -2.37. The van der Waals surface area contributed by atoms with Crippen LogP contribution in [0.25, 0.3) is 0 Å². The fourth-order valence-corrected chi connectivity index (χ4v) is 7.15. The van der Waals surface area contributed by atoms with Crippen molar-refractivity contribution in [3.63, 3.8) is 0 Å². The number of unbranched alkanes of at least 4 members (excludes halogenated alkanes) is 23. The lowest BCUT2D eigenvalue weighted by atomic mass is 10.0. The summed E-state index contributed by atoms with van der Waals surface area (Å²) in [5, 5.41) is 0. The molecule has 0 spiro atoms. The third kappa shape index (κ3) is 41.6. The van der Waals surface area contributed by atoms with E-state index in [0.717, 1.165) is 58.2 Å². The molecule has 0 radical (unpaired) electrons. The van der Waals surface area contributed by atoms with E-state index < -0.39 is 0 Å². The molecule has 55 heavy (non-hydrogen) atoms. The first-order chi connectivity index (χ1) is 27.0. The molecule has 0 saturated heterocycles. The first kappa shape index (κ1) is 53.2. The van der Waals surface area contributed by atoms with Crippen LogP contribution in [-0.4, -0.2) is 55.7 Å². The molecule has 0 aromatic carbocycles. The maximum Gasteiger partial charge on any atom is 0.410 e. The van der Waals surface area contributed by atoms with Gasteiger partial charge in [0.15, 0.2) is 0 Å². The van der Waals surface area contributed by atoms with E-state index in [9.17, 15) is 4.79 Å². The highest BCUT2D eigenvalue weighted by molar-refractivity contribution is 5.67. The Kier molecular flexibility index (Phi) is 43.4. The van der Waals surface area contributed by atoms with Gasteiger partial charge in [0.2, 0.25) is 0 Å². The van der Waals surface area contributed by atoms with E-state index >= 15 is 0 Å². The van der Waals surface area contributed by atoms with Crippen LogP contribution in [0.3, 0.4) is 0 Å². The van der Waals surface area contributed by atoms with Crippen molar-refractivity contribution < 1.29 is 9.53 Å². The van der Waals surface area contributed by atoms with Crippen LogP contribution < -0.4 is 0 Å². The summed E-state index contributed by atoms with van der Waals surface area (Å²) in [6.07, 6.45) is 59.6. The summed E-state index contributed by atoms with van der Waals surface area (Å²) in [4.78, 5) is 17.9. The van der Waals surface area contributed by atoms with Crippen molar-refractivity contribution in [1.82, 2.24) is 9.80 Å². The Hall–Kier alpha value is -1.81. The summed E-state index contributed by atoms with van der Waals surface area (Å²) >= 11 is 0. The van der Waals surface area contributed by atoms with Crippen LogP contribution in [0.15, 0.2) is 48.6 Å². The predicted octanol–water partition coefficient (Wildman–Crippen LogP) is 16.5. The second-order valence-corrected chi connectivity index (χ2v) is 16.7. The average Bonchev–Trinajstić information content (AvgIpc) is 3.17. The quantitative estimate of drug-likeness (QED) is 0.0458. The third-order valence-corrected chi connectivity index (χ3v) is 10.8. The average molecular weight is 769 g/mol. The number of allylic oxidation sites excluding steroid dienone is 8. The largest absolute Gasteiger partial charge is 0.446 e. The van der Waals surface area contributed by atoms with E-state index in [4.69, 9.17) is 4.74 Å². The van der Waals surface area contributed by atoms with E-state index in [1.165, 1.54) is 173 Å². The van der Waals surface area contributed by atoms with Crippen LogP contribution in [0.1, 0.15) is 233 Å². The Morgan fingerprint density at radius 3 is 1.20 bits per heavy atom. The molecule has 0 rings (SSSR count). The monoisotopic (exact) mass is 769 g/mol. The normalized spacial score (nSPS) is 12.8. The van der Waals surface area contributed by atoms with Crippen LogP contribution in [0.5, 0.6) is 0 Å². The molecule has 0 aliphatic rings. The van der Waals surface area contributed by atoms with Crippen LogP contribution >= 0.6 is 0 Å². The van der Waals surface area contributed by atoms with Crippen LogP contribution in [0.2, 0.25) is 0 Å². The van der Waals surface area contributed by atoms with Gasteiger partial charge in [-0.15, -0.1) is 0 Å². The lowest BCUT2D eigenvalue weighted by molar-refractivity contribution is 0.0513. The maximum atomic E-state index is 13.6. The number of rotatable bonds is 42. The first-order valence-electron chi connectivity index (χ1n) is 24.2. The van der Waals surface area contributed by atoms with Gasteiger partial charge in [-0.3, -0.25) is 0 Å². The standard InChI is InChI=1S/C51H96N2O2/c1-6-9-12-15-18-20-22-24-26-27-29-31-33-35-37-39-42-46-50(45-41-38-36-34-32-30-28-25-23-21-19-16-13-10-7-2)55-51(54)53(49-44-47-52(4)5)48-43-40-17-14-11-8-3/h18-21,24-26,28,50H,6-17,22-23,27,29-49H2,1-5H3. The zero-order valence-corrected chi connectivity index (χ0v) is 37.9. The molecule has 4 nitrogen and oxygen atoms in total. The lowest BCUT2D eigenvalue weighted by Gasteiger charge is -2.26. The summed E-state index contributed by atoms with van der Waals surface area (Å²) in [5.41, 5.74) is 0. The molecule has 0 aliphatic heterocycles. The van der Waals surface area contributed by atoms with Gasteiger partial charge in [0.25, 0.3) is 0 Å². The van der Waals surface area contributed by atoms with E-state index in [-0.39, 0.29) is 12.2 Å². The summed E-state index contributed by atoms with van der Waals surface area (Å²) in [7, 11) is 4.23. The van der Waals surface area contributed by atoms with Crippen LogP contribution in [0, 0.1) is 0 Å². The summed E-state index contributed by atoms with van der Waals surface area (Å²) in [6.45, 7) is 9.44. The first-order valence-corrected chi connectivity index (χ1v) is 24.2. The molecule has 0 bridgehead atoms. The van der Waals surface area contributed by atoms with Gasteiger partial charge in [0.1, 0.15) is 6.10 Å². The predicted molar refractivity (Wildman–Crippen MR) is 246 cm³/mol. The maximum absolute atomic E-state index is 13.6. The highest BCUT2D eigenvalue weighted by Gasteiger charge is 2.20. The SMILES string of the molecule is CCCCCC=CCC=CCCCCCCCCCC(CCCCCCCC=CCC=CCCCCC)OC(=O)N(CCCCCCCC)CCCN(C)C. The Morgan fingerprint density at radius 2 is 0.764 bits per heavy atom. The van der Waals surface area contributed by atoms with Gasteiger partial charge in [0.05, 0.1) is 0 Å². The summed E-state index contributed by atoms with van der Waals surface area (Å²) in [6, 6.07) is 0. The molecule has 1 amide bonds. The zero-order chi connectivity index (χ0) is 40.1. The van der Waals surface area contributed by atoms with Crippen molar-refractivity contribution in [2.45, 2.75) is 239 Å². The molecule has 1 unspecified atom stereocenters. The van der Waals surface area contributed by atoms with E-state index in [2.05, 4.69) is 88.4 Å². The Bertz CT molecular complexity index is 891. The van der Waals surface area contributed by atoms with E-state index in [0.29, 0.717) is 0 Å². The summed E-state index contributed by atoms with van der Waals surface area (Å²) < 4.78 is 6.36. The Labute approximate surface area is 345 Å². The fourth-order valence-electron chi connectivity index (χ4n) is 7.15. The number of carbonyl (C=O) groups excluding carboxylic acids is 1. The molecular weight excluding hydrogens is 673 g/mol. The molecule has 0 aliphatic carbocycles. The van der Waals surface area contributed by atoms with E-state index in [1.807, 2.05) is 4.90 Å². The van der Waals surface area contributed by atoms with Gasteiger partial charge in [-0.25, -0.2) is 4.79 Å². The van der Waals surface area contributed by atoms with Gasteiger partial charge in [-0.05, 0) is 123 Å². The van der Waals surface area contributed by atoms with E-state index in [1.54, 1.807) is 0 Å². The van der Waals surface area contributed by atoms with Gasteiger partial charge < -0.3 is 14.5 Å². The fraction of sp³-hybridized carbons (Fsp3) is 0.824. The van der Waals surface area contributed by atoms with Gasteiger partial charge >= 0.3 is 6.09 Å². The molecule has 0 heterocycles. The number of hydrogen-bond acceptors (Lipinski definition) is 3. The van der Waals surface area contributed by atoms with Crippen LogP contribution in [-0.2, 0) is 4.74 Å². The van der Waals surface area contributed by atoms with Crippen molar-refractivity contribution in [2.24, 2.45) is 0 Å². The smallest absolute Gasteiger partial charge is 0.410 e. The van der Waals surface area contributed by atoms with Gasteiger partial charge in [-0.1, -0.05) is 179 Å². The molecule has 0 aromatic rings. The minimum Gasteiger partial charge on any atom is -0.446 e. The second kappa shape index (κ2) is 44.9. The molecular formula is C51H96N2O2. The molecule has 0 saturated carbocycles. The second-order valence-electron chi connectivity index (χ2n) is 16.7. The molecule has 322 valence electrons. The van der Waals surface area contributed by atoms with Gasteiger partial charge in [0, 0.05) is 13.1 Å². The molecule has 0 N–H and O–H groups in total. The van der Waals surface area contributed by atoms with Crippen molar-refractivity contribution >= 4 is 6.09 Å². The Morgan fingerprint density at radius 1 is 0.418 bits per heavy atom. The number of nitrogens with zero attached hydrogens (tertiary/aromatic N) is 2. The summed E-state index contributed by atoms with van der Waals surface area (Å²) in [5.74, 6) is 0. The van der Waals surface area contributed by atoms with Crippen molar-refractivity contribution in [3.05, 3.63) is 48.6 Å². The number of ether oxygens (including phenoxy) is 1. The van der Waals surface area contributed by atoms with Crippen LogP contribution in [0.4, 0.5) is 4.79 Å². The molecule has 0 aromatic heterocycles.